The predicted octanol–water partition coefficient (Wildman–Crippen LogP) is 8.31. The van der Waals surface area contributed by atoms with Gasteiger partial charge < -0.3 is 9.73 Å². The normalized spacial score (nSPS) is 11.2. The summed E-state index contributed by atoms with van der Waals surface area (Å²) in [6, 6.07) is 22.6. The number of nitrogens with one attached hydrogen (secondary N) is 2. The summed E-state index contributed by atoms with van der Waals surface area (Å²) >= 11 is 15.4. The third-order valence-corrected chi connectivity index (χ3v) is 7.10. The smallest absolute Gasteiger partial charge is 0.258 e. The summed E-state index contributed by atoms with van der Waals surface area (Å²) in [7, 11) is 0. The van der Waals surface area contributed by atoms with Crippen molar-refractivity contribution >= 4 is 78.3 Å². The fourth-order valence-corrected chi connectivity index (χ4v) is 4.90. The van der Waals surface area contributed by atoms with E-state index in [2.05, 4.69) is 45.4 Å². The lowest BCUT2D eigenvalue weighted by molar-refractivity contribution is 0.0979. The number of nitrogens with zero attached hydrogens (tertiary/aromatic N) is 1. The Balaban J connectivity index is 1.37. The van der Waals surface area contributed by atoms with E-state index in [1.807, 2.05) is 48.5 Å². The van der Waals surface area contributed by atoms with Crippen LogP contribution >= 0.6 is 39.7 Å². The first-order chi connectivity index (χ1) is 17.3. The quantitative estimate of drug-likeness (QED) is 0.210. The second kappa shape index (κ2) is 10.0. The van der Waals surface area contributed by atoms with Crippen molar-refractivity contribution in [3.63, 3.8) is 0 Å². The summed E-state index contributed by atoms with van der Waals surface area (Å²) in [5, 5.41) is 8.26. The molecule has 0 spiro atoms. The van der Waals surface area contributed by atoms with Crippen molar-refractivity contribution in [3.05, 3.63) is 93.4 Å². The van der Waals surface area contributed by atoms with Gasteiger partial charge in [-0.3, -0.25) is 10.1 Å². The minimum Gasteiger partial charge on any atom is -0.436 e. The molecule has 180 valence electrons. The largest absolute Gasteiger partial charge is 0.436 e. The van der Waals surface area contributed by atoms with Gasteiger partial charge in [0.05, 0.1) is 10.6 Å². The molecule has 0 aliphatic carbocycles. The molecule has 0 saturated heterocycles. The molecule has 5 rings (SSSR count). The van der Waals surface area contributed by atoms with Gasteiger partial charge in [0.15, 0.2) is 10.7 Å². The van der Waals surface area contributed by atoms with E-state index in [0.717, 1.165) is 20.8 Å². The van der Waals surface area contributed by atoms with Crippen LogP contribution in [-0.2, 0) is 0 Å². The van der Waals surface area contributed by atoms with Crippen molar-refractivity contribution in [2.45, 2.75) is 19.8 Å². The molecular formula is C28H21BrClN3O2S. The Morgan fingerprint density at radius 3 is 2.61 bits per heavy atom. The second-order valence-electron chi connectivity index (χ2n) is 8.64. The minimum atomic E-state index is -0.301. The van der Waals surface area contributed by atoms with Crippen molar-refractivity contribution in [2.24, 2.45) is 0 Å². The maximum atomic E-state index is 13.0. The molecule has 0 saturated carbocycles. The zero-order chi connectivity index (χ0) is 25.4. The Labute approximate surface area is 227 Å². The average Bonchev–Trinajstić information content (AvgIpc) is 3.28. The molecule has 5 nitrogen and oxygen atoms in total. The Bertz CT molecular complexity index is 1650. The Hall–Kier alpha value is -3.26. The van der Waals surface area contributed by atoms with Gasteiger partial charge in [-0.05, 0) is 76.9 Å². The van der Waals surface area contributed by atoms with Gasteiger partial charge in [-0.15, -0.1) is 0 Å². The fraction of sp³-hybridized carbons (Fsp3) is 0.107. The number of halogens is 2. The van der Waals surface area contributed by atoms with Crippen LogP contribution in [0.2, 0.25) is 5.02 Å². The number of carbonyl (C=O) groups excluding carboxylic acids is 1. The topological polar surface area (TPSA) is 67.2 Å². The number of carbonyl (C=O) groups is 1. The Morgan fingerprint density at radius 1 is 1.03 bits per heavy atom. The number of thiocarbonyl (C=S) groups is 1. The molecule has 4 aromatic carbocycles. The number of hydrogen-bond donors (Lipinski definition) is 2. The zero-order valence-corrected chi connectivity index (χ0v) is 22.6. The summed E-state index contributed by atoms with van der Waals surface area (Å²) in [6.07, 6.45) is 0. The van der Waals surface area contributed by atoms with Gasteiger partial charge in [-0.2, -0.15) is 0 Å². The molecule has 0 aliphatic heterocycles. The number of anilines is 1. The van der Waals surface area contributed by atoms with E-state index in [-0.39, 0.29) is 11.0 Å². The Kier molecular flexibility index (Phi) is 6.79. The van der Waals surface area contributed by atoms with Crippen LogP contribution in [0.15, 0.2) is 81.7 Å². The van der Waals surface area contributed by atoms with E-state index >= 15 is 0 Å². The van der Waals surface area contributed by atoms with E-state index in [1.165, 1.54) is 5.56 Å². The first-order valence-corrected chi connectivity index (χ1v) is 12.9. The minimum absolute atomic E-state index is 0.166. The summed E-state index contributed by atoms with van der Waals surface area (Å²) in [5.74, 6) is 0.499. The van der Waals surface area contributed by atoms with Gasteiger partial charge in [0.2, 0.25) is 5.89 Å². The van der Waals surface area contributed by atoms with Crippen LogP contribution in [0, 0.1) is 0 Å². The zero-order valence-electron chi connectivity index (χ0n) is 19.4. The average molecular weight is 579 g/mol. The summed E-state index contributed by atoms with van der Waals surface area (Å²) in [5.41, 5.74) is 4.44. The van der Waals surface area contributed by atoms with Gasteiger partial charge in [-0.25, -0.2) is 4.98 Å². The molecule has 0 radical (unpaired) electrons. The summed E-state index contributed by atoms with van der Waals surface area (Å²) in [4.78, 5) is 17.6. The standard InChI is InChI=1S/C28H21BrClN3O2S/c1-15(2)16-9-12-25-24(13-16)32-27(35-25)21-14-17(10-11-23(21)30)31-28(36)33-26(34)20-7-3-6-19-18(20)5-4-8-22(19)29/h3-15H,1-2H3,(H2,31,33,34,36). The summed E-state index contributed by atoms with van der Waals surface area (Å²) < 4.78 is 6.89. The number of rotatable bonds is 4. The first-order valence-electron chi connectivity index (χ1n) is 11.3. The number of hydrogen-bond acceptors (Lipinski definition) is 4. The third-order valence-electron chi connectivity index (χ3n) is 5.87. The number of benzene rings is 4. The lowest BCUT2D eigenvalue weighted by atomic mass is 10.0. The molecule has 0 aliphatic rings. The molecule has 1 aromatic heterocycles. The van der Waals surface area contributed by atoms with E-state index in [0.29, 0.717) is 39.2 Å². The van der Waals surface area contributed by atoms with Crippen LogP contribution in [0.25, 0.3) is 33.3 Å². The highest BCUT2D eigenvalue weighted by atomic mass is 79.9. The van der Waals surface area contributed by atoms with E-state index in [4.69, 9.17) is 28.2 Å². The van der Waals surface area contributed by atoms with Gasteiger partial charge in [0, 0.05) is 15.7 Å². The van der Waals surface area contributed by atoms with Gasteiger partial charge in [-0.1, -0.05) is 71.7 Å². The van der Waals surface area contributed by atoms with Crippen molar-refractivity contribution in [1.82, 2.24) is 10.3 Å². The monoisotopic (exact) mass is 577 g/mol. The number of fused-ring (bicyclic) bond motifs is 2. The first kappa shape index (κ1) is 24.4. The molecular weight excluding hydrogens is 558 g/mol. The molecule has 0 bridgehead atoms. The summed E-state index contributed by atoms with van der Waals surface area (Å²) in [6.45, 7) is 4.27. The molecule has 1 heterocycles. The molecule has 0 atom stereocenters. The lowest BCUT2D eigenvalue weighted by Gasteiger charge is -2.12. The Morgan fingerprint density at radius 2 is 1.81 bits per heavy atom. The SMILES string of the molecule is CC(C)c1ccc2oc(-c3cc(NC(=S)NC(=O)c4cccc5c(Br)cccc45)ccc3Cl)nc2c1. The molecule has 2 N–H and O–H groups in total. The van der Waals surface area contributed by atoms with Crippen LogP contribution in [0.3, 0.4) is 0 Å². The van der Waals surface area contributed by atoms with Crippen LogP contribution in [-0.4, -0.2) is 16.0 Å². The fourth-order valence-electron chi connectivity index (χ4n) is 3.99. The second-order valence-corrected chi connectivity index (χ2v) is 10.3. The van der Waals surface area contributed by atoms with Gasteiger partial charge in [0.1, 0.15) is 5.52 Å². The van der Waals surface area contributed by atoms with Crippen LogP contribution in [0.1, 0.15) is 35.7 Å². The van der Waals surface area contributed by atoms with Crippen LogP contribution < -0.4 is 10.6 Å². The highest BCUT2D eigenvalue weighted by Gasteiger charge is 2.16. The van der Waals surface area contributed by atoms with Crippen LogP contribution in [0.5, 0.6) is 0 Å². The predicted molar refractivity (Wildman–Crippen MR) is 154 cm³/mol. The number of oxazole rings is 1. The molecule has 36 heavy (non-hydrogen) atoms. The number of aromatic nitrogens is 1. The van der Waals surface area contributed by atoms with E-state index in [1.54, 1.807) is 24.3 Å². The molecule has 8 heteroatoms. The molecule has 5 aromatic rings. The van der Waals surface area contributed by atoms with Gasteiger partial charge >= 0.3 is 0 Å². The molecule has 1 amide bonds. The van der Waals surface area contributed by atoms with E-state index < -0.39 is 0 Å². The van der Waals surface area contributed by atoms with Crippen LogP contribution in [0.4, 0.5) is 5.69 Å². The van der Waals surface area contributed by atoms with Crippen molar-refractivity contribution in [3.8, 4) is 11.5 Å². The van der Waals surface area contributed by atoms with Crippen molar-refractivity contribution < 1.29 is 9.21 Å². The highest BCUT2D eigenvalue weighted by molar-refractivity contribution is 9.10. The molecule has 0 fully saturated rings. The number of amides is 1. The van der Waals surface area contributed by atoms with Gasteiger partial charge in [0.25, 0.3) is 5.91 Å². The highest BCUT2D eigenvalue weighted by Crippen LogP contribution is 2.33. The third kappa shape index (κ3) is 4.87. The lowest BCUT2D eigenvalue weighted by Crippen LogP contribution is -2.34. The molecule has 0 unspecified atom stereocenters. The van der Waals surface area contributed by atoms with Crippen molar-refractivity contribution in [2.75, 3.05) is 5.32 Å². The van der Waals surface area contributed by atoms with E-state index in [9.17, 15) is 4.79 Å². The maximum absolute atomic E-state index is 13.0. The maximum Gasteiger partial charge on any atom is 0.258 e. The van der Waals surface area contributed by atoms with Crippen molar-refractivity contribution in [1.29, 1.82) is 0 Å².